The van der Waals surface area contributed by atoms with Crippen LogP contribution < -0.4 is 5.73 Å². The van der Waals surface area contributed by atoms with Crippen molar-refractivity contribution < 1.29 is 4.79 Å². The second kappa shape index (κ2) is 6.68. The first-order chi connectivity index (χ1) is 4.18. The van der Waals surface area contributed by atoms with Gasteiger partial charge in [-0.2, -0.15) is 13.5 Å². The van der Waals surface area contributed by atoms with E-state index >= 15 is 0 Å². The number of carbonyl (C=O) groups excluding carboxylic acids is 1. The average molecular weight is 161 g/mol. The lowest BCUT2D eigenvalue weighted by atomic mass is 10.1. The Morgan fingerprint density at radius 1 is 1.60 bits per heavy atom. The Labute approximate surface area is 68.9 Å². The summed E-state index contributed by atoms with van der Waals surface area (Å²) in [5.74, 6) is -0.372. The van der Waals surface area contributed by atoms with Gasteiger partial charge in [-0.05, 0) is 12.8 Å². The van der Waals surface area contributed by atoms with Crippen LogP contribution in [0.25, 0.3) is 0 Å². The second-order valence-electron chi connectivity index (χ2n) is 2.07. The Kier molecular flexibility index (Phi) is 8.18. The number of hydrogen-bond acceptors (Lipinski definition) is 1. The molecule has 0 heterocycles. The van der Waals surface area contributed by atoms with Gasteiger partial charge < -0.3 is 5.73 Å². The third-order valence-corrected chi connectivity index (χ3v) is 1.18. The zero-order valence-corrected chi connectivity index (χ0v) is 7.31. The van der Waals surface area contributed by atoms with Crippen LogP contribution in [0.1, 0.15) is 26.2 Å². The topological polar surface area (TPSA) is 43.1 Å². The van der Waals surface area contributed by atoms with Crippen LogP contribution in [-0.4, -0.2) is 5.91 Å². The zero-order chi connectivity index (χ0) is 7.28. The predicted octanol–water partition coefficient (Wildman–Crippen LogP) is 1.33. The van der Waals surface area contributed by atoms with Gasteiger partial charge in [0.15, 0.2) is 0 Å². The summed E-state index contributed by atoms with van der Waals surface area (Å²) in [5, 5.41) is 0. The molecule has 0 saturated heterocycles. The SMILES string of the molecule is C=C(CCCC)C(N)=O.S. The first kappa shape index (κ1) is 12.3. The lowest BCUT2D eigenvalue weighted by molar-refractivity contribution is -0.114. The number of rotatable bonds is 4. The van der Waals surface area contributed by atoms with Crippen molar-refractivity contribution in [3.8, 4) is 0 Å². The van der Waals surface area contributed by atoms with Crippen LogP contribution in [0.3, 0.4) is 0 Å². The van der Waals surface area contributed by atoms with Crippen LogP contribution in [0.4, 0.5) is 0 Å². The Hall–Kier alpha value is -0.440. The fourth-order valence-corrected chi connectivity index (χ4v) is 0.513. The fourth-order valence-electron chi connectivity index (χ4n) is 0.513. The molecule has 0 saturated carbocycles. The summed E-state index contributed by atoms with van der Waals surface area (Å²) < 4.78 is 0. The van der Waals surface area contributed by atoms with E-state index in [4.69, 9.17) is 5.73 Å². The van der Waals surface area contributed by atoms with Crippen LogP contribution >= 0.6 is 13.5 Å². The molecule has 0 fully saturated rings. The normalized spacial score (nSPS) is 8.10. The van der Waals surface area contributed by atoms with Gasteiger partial charge in [-0.25, -0.2) is 0 Å². The summed E-state index contributed by atoms with van der Waals surface area (Å²) in [5.41, 5.74) is 5.48. The molecule has 0 spiro atoms. The molecule has 0 aliphatic carbocycles. The van der Waals surface area contributed by atoms with E-state index in [2.05, 4.69) is 13.5 Å². The van der Waals surface area contributed by atoms with Crippen molar-refractivity contribution in [2.24, 2.45) is 5.73 Å². The maximum atomic E-state index is 10.3. The Morgan fingerprint density at radius 3 is 2.40 bits per heavy atom. The lowest BCUT2D eigenvalue weighted by Gasteiger charge is -1.96. The highest BCUT2D eigenvalue weighted by Gasteiger charge is 1.98. The van der Waals surface area contributed by atoms with Gasteiger partial charge in [0, 0.05) is 5.57 Å². The zero-order valence-electron chi connectivity index (χ0n) is 6.31. The van der Waals surface area contributed by atoms with E-state index in [1.807, 2.05) is 0 Å². The Balaban J connectivity index is 0. The summed E-state index contributed by atoms with van der Waals surface area (Å²) in [6.45, 7) is 5.58. The van der Waals surface area contributed by atoms with Gasteiger partial charge in [-0.1, -0.05) is 19.9 Å². The number of carbonyl (C=O) groups is 1. The summed E-state index contributed by atoms with van der Waals surface area (Å²) in [6, 6.07) is 0. The highest BCUT2D eigenvalue weighted by molar-refractivity contribution is 7.59. The van der Waals surface area contributed by atoms with E-state index in [-0.39, 0.29) is 19.4 Å². The highest BCUT2D eigenvalue weighted by atomic mass is 32.1. The average Bonchev–Trinajstić information content (AvgIpc) is 1.82. The summed E-state index contributed by atoms with van der Waals surface area (Å²) >= 11 is 0. The molecule has 0 aromatic rings. The summed E-state index contributed by atoms with van der Waals surface area (Å²) in [7, 11) is 0. The van der Waals surface area contributed by atoms with Crippen LogP contribution in [-0.2, 0) is 4.79 Å². The Morgan fingerprint density at radius 2 is 2.10 bits per heavy atom. The van der Waals surface area contributed by atoms with Gasteiger partial charge >= 0.3 is 0 Å². The van der Waals surface area contributed by atoms with Crippen LogP contribution in [0.15, 0.2) is 12.2 Å². The van der Waals surface area contributed by atoms with Crippen molar-refractivity contribution in [2.75, 3.05) is 0 Å². The second-order valence-corrected chi connectivity index (χ2v) is 2.07. The van der Waals surface area contributed by atoms with Crippen molar-refractivity contribution in [2.45, 2.75) is 26.2 Å². The minimum atomic E-state index is -0.372. The fraction of sp³-hybridized carbons (Fsp3) is 0.571. The molecule has 10 heavy (non-hydrogen) atoms. The maximum absolute atomic E-state index is 10.3. The summed E-state index contributed by atoms with van der Waals surface area (Å²) in [4.78, 5) is 10.3. The molecule has 2 N–H and O–H groups in total. The minimum absolute atomic E-state index is 0. The Bertz CT molecular complexity index is 123. The smallest absolute Gasteiger partial charge is 0.244 e. The molecular formula is C7H15NOS. The van der Waals surface area contributed by atoms with Crippen molar-refractivity contribution in [3.63, 3.8) is 0 Å². The standard InChI is InChI=1S/C7H13NO.H2S/c1-3-4-5-6(2)7(8)9;/h2-5H2,1H3,(H2,8,9);1H2. The van der Waals surface area contributed by atoms with Crippen LogP contribution in [0.2, 0.25) is 0 Å². The van der Waals surface area contributed by atoms with E-state index < -0.39 is 0 Å². The highest BCUT2D eigenvalue weighted by Crippen LogP contribution is 2.02. The van der Waals surface area contributed by atoms with Gasteiger partial charge in [0.25, 0.3) is 0 Å². The van der Waals surface area contributed by atoms with Crippen molar-refractivity contribution in [3.05, 3.63) is 12.2 Å². The van der Waals surface area contributed by atoms with Gasteiger partial charge in [0.2, 0.25) is 5.91 Å². The van der Waals surface area contributed by atoms with Gasteiger partial charge in [0.1, 0.15) is 0 Å². The molecule has 3 heteroatoms. The molecule has 60 valence electrons. The number of amides is 1. The summed E-state index contributed by atoms with van der Waals surface area (Å²) in [6.07, 6.45) is 2.82. The number of hydrogen-bond donors (Lipinski definition) is 1. The van der Waals surface area contributed by atoms with E-state index in [1.165, 1.54) is 0 Å². The molecule has 0 unspecified atom stereocenters. The van der Waals surface area contributed by atoms with Crippen molar-refractivity contribution in [1.82, 2.24) is 0 Å². The predicted molar refractivity (Wildman–Crippen MR) is 48.2 cm³/mol. The third kappa shape index (κ3) is 5.69. The van der Waals surface area contributed by atoms with Gasteiger partial charge in [-0.15, -0.1) is 0 Å². The number of nitrogens with two attached hydrogens (primary N) is 1. The molecule has 0 bridgehead atoms. The molecule has 0 radical (unpaired) electrons. The molecular weight excluding hydrogens is 146 g/mol. The molecule has 1 amide bonds. The molecule has 0 aromatic heterocycles. The molecule has 0 rings (SSSR count). The van der Waals surface area contributed by atoms with E-state index in [0.717, 1.165) is 19.3 Å². The van der Waals surface area contributed by atoms with Crippen molar-refractivity contribution in [1.29, 1.82) is 0 Å². The third-order valence-electron chi connectivity index (χ3n) is 1.18. The first-order valence-electron chi connectivity index (χ1n) is 3.16. The van der Waals surface area contributed by atoms with E-state index in [0.29, 0.717) is 5.57 Å². The lowest BCUT2D eigenvalue weighted by Crippen LogP contribution is -2.12. The largest absolute Gasteiger partial charge is 0.366 e. The molecule has 0 aliphatic rings. The van der Waals surface area contributed by atoms with Gasteiger partial charge in [0.05, 0.1) is 0 Å². The monoisotopic (exact) mass is 161 g/mol. The maximum Gasteiger partial charge on any atom is 0.244 e. The van der Waals surface area contributed by atoms with Crippen LogP contribution in [0.5, 0.6) is 0 Å². The number of primary amides is 1. The number of unbranched alkanes of at least 4 members (excludes halogenated alkanes) is 1. The minimum Gasteiger partial charge on any atom is -0.366 e. The quantitative estimate of drug-likeness (QED) is 0.621. The van der Waals surface area contributed by atoms with Crippen molar-refractivity contribution >= 4 is 19.4 Å². The van der Waals surface area contributed by atoms with Gasteiger partial charge in [-0.3, -0.25) is 4.79 Å². The van der Waals surface area contributed by atoms with E-state index in [9.17, 15) is 4.79 Å². The molecule has 0 aliphatic heterocycles. The molecule has 0 atom stereocenters. The molecule has 0 aromatic carbocycles. The molecule has 2 nitrogen and oxygen atoms in total. The van der Waals surface area contributed by atoms with Crippen LogP contribution in [0, 0.1) is 0 Å². The van der Waals surface area contributed by atoms with E-state index in [1.54, 1.807) is 0 Å². The first-order valence-corrected chi connectivity index (χ1v) is 3.16.